The van der Waals surface area contributed by atoms with Gasteiger partial charge in [-0.1, -0.05) is 11.6 Å². The molecule has 1 N–H and O–H groups in total. The van der Waals surface area contributed by atoms with Crippen molar-refractivity contribution >= 4 is 23.2 Å². The predicted octanol–water partition coefficient (Wildman–Crippen LogP) is 4.07. The average molecular weight is 424 g/mol. The quantitative estimate of drug-likeness (QED) is 0.617. The molecule has 0 radical (unpaired) electrons. The molecule has 2 aliphatic rings. The van der Waals surface area contributed by atoms with Crippen LogP contribution in [0.25, 0.3) is 5.69 Å². The number of nitrogens with zero attached hydrogens (tertiary/aromatic N) is 6. The summed E-state index contributed by atoms with van der Waals surface area (Å²) in [6, 6.07) is 8.34. The molecule has 1 saturated heterocycles. The number of hydrogen-bond donors (Lipinski definition) is 1. The molecule has 0 spiro atoms. The fraction of sp³-hybridized carbons (Fsp3) is 0.455. The van der Waals surface area contributed by atoms with Gasteiger partial charge in [0.1, 0.15) is 12.7 Å². The van der Waals surface area contributed by atoms with Crippen LogP contribution in [0.3, 0.4) is 0 Å². The number of benzene rings is 1. The van der Waals surface area contributed by atoms with Crippen molar-refractivity contribution in [3.8, 4) is 5.69 Å². The summed E-state index contributed by atoms with van der Waals surface area (Å²) < 4.78 is 1.77. The Kier molecular flexibility index (Phi) is 5.53. The first kappa shape index (κ1) is 19.3. The molecular formula is C22H26ClN7. The maximum Gasteiger partial charge on any atom is 0.225 e. The van der Waals surface area contributed by atoms with Gasteiger partial charge in [0, 0.05) is 25.3 Å². The highest BCUT2D eigenvalue weighted by Crippen LogP contribution is 2.49. The number of anilines is 2. The van der Waals surface area contributed by atoms with Crippen LogP contribution in [0.4, 0.5) is 11.6 Å². The van der Waals surface area contributed by atoms with Crippen LogP contribution in [-0.4, -0.2) is 44.4 Å². The number of piperidine rings is 1. The summed E-state index contributed by atoms with van der Waals surface area (Å²) in [4.78, 5) is 15.0. The van der Waals surface area contributed by atoms with Gasteiger partial charge in [-0.15, -0.1) is 0 Å². The van der Waals surface area contributed by atoms with Crippen molar-refractivity contribution in [1.29, 1.82) is 0 Å². The summed E-state index contributed by atoms with van der Waals surface area (Å²) >= 11 is 5.89. The van der Waals surface area contributed by atoms with Crippen LogP contribution < -0.4 is 10.2 Å². The zero-order chi connectivity index (χ0) is 20.3. The maximum atomic E-state index is 5.89. The van der Waals surface area contributed by atoms with Gasteiger partial charge in [0.25, 0.3) is 0 Å². The van der Waals surface area contributed by atoms with Crippen molar-refractivity contribution in [3.63, 3.8) is 0 Å². The highest BCUT2D eigenvalue weighted by atomic mass is 35.5. The molecule has 0 amide bonds. The van der Waals surface area contributed by atoms with Gasteiger partial charge in [-0.3, -0.25) is 0 Å². The first-order valence-corrected chi connectivity index (χ1v) is 11.1. The molecule has 3 heterocycles. The Morgan fingerprint density at radius 3 is 2.53 bits per heavy atom. The minimum absolute atomic E-state index is 0.592. The minimum atomic E-state index is 0.592. The summed E-state index contributed by atoms with van der Waals surface area (Å²) in [5.41, 5.74) is 2.18. The van der Waals surface area contributed by atoms with E-state index in [2.05, 4.69) is 54.5 Å². The first-order chi connectivity index (χ1) is 14.8. The fourth-order valence-electron chi connectivity index (χ4n) is 4.65. The van der Waals surface area contributed by atoms with Crippen LogP contribution >= 0.6 is 11.6 Å². The van der Waals surface area contributed by atoms with Crippen LogP contribution in [-0.2, 0) is 0 Å². The van der Waals surface area contributed by atoms with Gasteiger partial charge < -0.3 is 10.2 Å². The lowest BCUT2D eigenvalue weighted by Gasteiger charge is -2.32. The molecule has 1 saturated carbocycles. The largest absolute Gasteiger partial charge is 0.385 e. The minimum Gasteiger partial charge on any atom is -0.385 e. The summed E-state index contributed by atoms with van der Waals surface area (Å²) in [5.74, 6) is 3.43. The second-order valence-electron chi connectivity index (χ2n) is 8.29. The molecule has 30 heavy (non-hydrogen) atoms. The Bertz CT molecular complexity index is 935. The molecule has 3 aromatic rings. The van der Waals surface area contributed by atoms with Crippen molar-refractivity contribution in [3.05, 3.63) is 54.3 Å². The van der Waals surface area contributed by atoms with E-state index in [1.165, 1.54) is 25.7 Å². The van der Waals surface area contributed by atoms with E-state index in [1.54, 1.807) is 29.7 Å². The van der Waals surface area contributed by atoms with E-state index in [1.807, 2.05) is 0 Å². The van der Waals surface area contributed by atoms with Crippen LogP contribution in [0.2, 0.25) is 5.02 Å². The van der Waals surface area contributed by atoms with Crippen molar-refractivity contribution in [2.24, 2.45) is 17.8 Å². The van der Waals surface area contributed by atoms with Crippen LogP contribution in [0.5, 0.6) is 0 Å². The molecule has 1 aliphatic heterocycles. The summed E-state index contributed by atoms with van der Waals surface area (Å²) in [6.45, 7) is 3.12. The molecule has 2 atom stereocenters. The summed E-state index contributed by atoms with van der Waals surface area (Å²) in [5, 5.41) is 8.31. The first-order valence-electron chi connectivity index (χ1n) is 10.7. The number of aromatic nitrogens is 5. The monoisotopic (exact) mass is 423 g/mol. The molecule has 2 aromatic heterocycles. The van der Waals surface area contributed by atoms with Gasteiger partial charge in [0.05, 0.1) is 23.1 Å². The SMILES string of the molecule is Clc1cnc(N2CCC([C@H]3C[C@H]3CCNc3ccc(-n4cncn4)cc3)CC2)nc1. The van der Waals surface area contributed by atoms with E-state index in [-0.39, 0.29) is 0 Å². The van der Waals surface area contributed by atoms with Crippen molar-refractivity contribution in [1.82, 2.24) is 24.7 Å². The number of hydrogen-bond acceptors (Lipinski definition) is 6. The zero-order valence-corrected chi connectivity index (χ0v) is 17.6. The third-order valence-electron chi connectivity index (χ3n) is 6.41. The van der Waals surface area contributed by atoms with E-state index in [4.69, 9.17) is 11.6 Å². The molecule has 1 aromatic carbocycles. The van der Waals surface area contributed by atoms with Gasteiger partial charge in [-0.05, 0) is 67.7 Å². The lowest BCUT2D eigenvalue weighted by Crippen LogP contribution is -2.35. The van der Waals surface area contributed by atoms with E-state index < -0.39 is 0 Å². The number of nitrogens with one attached hydrogen (secondary N) is 1. The third-order valence-corrected chi connectivity index (χ3v) is 6.60. The normalized spacial score (nSPS) is 21.6. The summed E-state index contributed by atoms with van der Waals surface area (Å²) in [6.07, 6.45) is 11.7. The average Bonchev–Trinajstić information content (AvgIpc) is 3.34. The van der Waals surface area contributed by atoms with E-state index >= 15 is 0 Å². The third kappa shape index (κ3) is 4.41. The maximum absolute atomic E-state index is 5.89. The van der Waals surface area contributed by atoms with Crippen LogP contribution in [0.15, 0.2) is 49.3 Å². The Morgan fingerprint density at radius 2 is 1.83 bits per heavy atom. The molecule has 0 unspecified atom stereocenters. The molecule has 0 bridgehead atoms. The summed E-state index contributed by atoms with van der Waals surface area (Å²) in [7, 11) is 0. The Balaban J connectivity index is 1.03. The van der Waals surface area contributed by atoms with E-state index in [9.17, 15) is 0 Å². The predicted molar refractivity (Wildman–Crippen MR) is 118 cm³/mol. The Labute approximate surface area is 181 Å². The Hall–Kier alpha value is -2.67. The van der Waals surface area contributed by atoms with E-state index in [0.29, 0.717) is 5.02 Å². The molecule has 2 fully saturated rings. The lowest BCUT2D eigenvalue weighted by atomic mass is 9.90. The molecule has 1 aliphatic carbocycles. The van der Waals surface area contributed by atoms with Crippen LogP contribution in [0, 0.1) is 17.8 Å². The van der Waals surface area contributed by atoms with Gasteiger partial charge in [0.15, 0.2) is 0 Å². The highest BCUT2D eigenvalue weighted by Gasteiger charge is 2.43. The second kappa shape index (κ2) is 8.60. The number of rotatable bonds is 7. The van der Waals surface area contributed by atoms with E-state index in [0.717, 1.165) is 54.7 Å². The topological polar surface area (TPSA) is 71.8 Å². The van der Waals surface area contributed by atoms with Gasteiger partial charge >= 0.3 is 0 Å². The smallest absolute Gasteiger partial charge is 0.225 e. The van der Waals surface area contributed by atoms with Crippen LogP contribution in [0.1, 0.15) is 25.7 Å². The molecule has 5 rings (SSSR count). The second-order valence-corrected chi connectivity index (χ2v) is 8.72. The molecule has 156 valence electrons. The standard InChI is InChI=1S/C22H26ClN7/c23-18-12-26-22(27-13-18)29-9-6-16(7-10-29)21-11-17(21)5-8-25-19-1-3-20(4-2-19)30-15-24-14-28-30/h1-4,12-17,21,25H,5-11H2/t17-,21-/m1/s1. The molecule has 8 heteroatoms. The van der Waals surface area contributed by atoms with Gasteiger partial charge in [-0.25, -0.2) is 19.6 Å². The zero-order valence-electron chi connectivity index (χ0n) is 16.9. The highest BCUT2D eigenvalue weighted by molar-refractivity contribution is 6.30. The van der Waals surface area contributed by atoms with Gasteiger partial charge in [0.2, 0.25) is 5.95 Å². The molecular weight excluding hydrogens is 398 g/mol. The lowest BCUT2D eigenvalue weighted by molar-refractivity contribution is 0.343. The molecule has 7 nitrogen and oxygen atoms in total. The fourth-order valence-corrected chi connectivity index (χ4v) is 4.75. The Morgan fingerprint density at radius 1 is 1.07 bits per heavy atom. The van der Waals surface area contributed by atoms with Crippen molar-refractivity contribution in [2.45, 2.75) is 25.7 Å². The van der Waals surface area contributed by atoms with Crippen molar-refractivity contribution in [2.75, 3.05) is 29.9 Å². The van der Waals surface area contributed by atoms with Gasteiger partial charge in [-0.2, -0.15) is 5.10 Å². The number of halogens is 1. The van der Waals surface area contributed by atoms with Crippen molar-refractivity contribution < 1.29 is 0 Å².